The number of hydrogen-bond acceptors (Lipinski definition) is 7. The fourth-order valence-electron chi connectivity index (χ4n) is 3.23. The van der Waals surface area contributed by atoms with E-state index in [1.54, 1.807) is 23.1 Å². The molecule has 1 aliphatic rings. The Labute approximate surface area is 171 Å². The maximum atomic E-state index is 6.03. The normalized spacial score (nSPS) is 16.1. The quantitative estimate of drug-likeness (QED) is 0.365. The molecule has 0 spiro atoms. The second-order valence-corrected chi connectivity index (χ2v) is 10.2. The largest absolute Gasteiger partial charge is 0.370 e. The van der Waals surface area contributed by atoms with Crippen LogP contribution < -0.4 is 5.32 Å². The van der Waals surface area contributed by atoms with Gasteiger partial charge in [0.05, 0.1) is 17.6 Å². The van der Waals surface area contributed by atoms with Gasteiger partial charge in [0.25, 0.3) is 0 Å². The molecule has 5 nitrogen and oxygen atoms in total. The molecule has 0 saturated heterocycles. The van der Waals surface area contributed by atoms with Crippen molar-refractivity contribution in [1.82, 2.24) is 14.9 Å². The maximum absolute atomic E-state index is 6.03. The molecule has 1 aliphatic heterocycles. The molecule has 150 valence electrons. The number of unbranched alkanes of at least 4 members (excludes halogenated alkanes) is 1. The molecule has 3 heterocycles. The van der Waals surface area contributed by atoms with Gasteiger partial charge in [-0.15, -0.1) is 11.3 Å². The number of ether oxygens (including phenoxy) is 1. The summed E-state index contributed by atoms with van der Waals surface area (Å²) in [7, 11) is 4.23. The topological polar surface area (TPSA) is 50.3 Å². The number of nitrogens with zero attached hydrogens (tertiary/aromatic N) is 3. The van der Waals surface area contributed by atoms with E-state index in [1.165, 1.54) is 28.7 Å². The van der Waals surface area contributed by atoms with Gasteiger partial charge in [0, 0.05) is 23.6 Å². The molecule has 2 aromatic heterocycles. The summed E-state index contributed by atoms with van der Waals surface area (Å²) in [6.45, 7) is 9.23. The van der Waals surface area contributed by atoms with Crippen molar-refractivity contribution in [2.24, 2.45) is 0 Å². The summed E-state index contributed by atoms with van der Waals surface area (Å²) in [5.41, 5.74) is 1.25. The van der Waals surface area contributed by atoms with Crippen molar-refractivity contribution >= 4 is 39.1 Å². The molecular weight excluding hydrogens is 376 g/mol. The van der Waals surface area contributed by atoms with Crippen molar-refractivity contribution in [2.75, 3.05) is 38.3 Å². The van der Waals surface area contributed by atoms with Crippen molar-refractivity contribution in [3.05, 3.63) is 10.4 Å². The first kappa shape index (κ1) is 20.8. The van der Waals surface area contributed by atoms with Gasteiger partial charge in [-0.25, -0.2) is 9.97 Å². The zero-order chi connectivity index (χ0) is 19.4. The summed E-state index contributed by atoms with van der Waals surface area (Å²) in [5, 5.41) is 5.72. The lowest BCUT2D eigenvalue weighted by atomic mass is 9.94. The second kappa shape index (κ2) is 9.07. The summed E-state index contributed by atoms with van der Waals surface area (Å²) in [6, 6.07) is 0. The summed E-state index contributed by atoms with van der Waals surface area (Å²) in [5.74, 6) is 2.08. The van der Waals surface area contributed by atoms with E-state index in [2.05, 4.69) is 45.1 Å². The van der Waals surface area contributed by atoms with Crippen LogP contribution in [0.25, 0.3) is 10.2 Å². The molecule has 0 atom stereocenters. The number of hydrogen-bond donors (Lipinski definition) is 1. The summed E-state index contributed by atoms with van der Waals surface area (Å²) >= 11 is 3.54. The molecule has 0 aromatic carbocycles. The monoisotopic (exact) mass is 408 g/mol. The number of thioether (sulfide) groups is 1. The highest BCUT2D eigenvalue weighted by Crippen LogP contribution is 2.41. The van der Waals surface area contributed by atoms with Crippen molar-refractivity contribution in [1.29, 1.82) is 0 Å². The number of thiophene rings is 1. The van der Waals surface area contributed by atoms with E-state index in [0.29, 0.717) is 6.61 Å². The zero-order valence-corrected chi connectivity index (χ0v) is 18.9. The molecule has 0 bridgehead atoms. The minimum atomic E-state index is -0.127. The molecule has 7 heteroatoms. The fourth-order valence-corrected chi connectivity index (χ4v) is 5.32. The predicted octanol–water partition coefficient (Wildman–Crippen LogP) is 4.80. The Morgan fingerprint density at radius 1 is 1.26 bits per heavy atom. The lowest BCUT2D eigenvalue weighted by molar-refractivity contribution is -0.0379. The van der Waals surface area contributed by atoms with Crippen LogP contribution in [0.2, 0.25) is 0 Å². The molecule has 0 unspecified atom stereocenters. The Bertz CT molecular complexity index is 773. The van der Waals surface area contributed by atoms with Crippen LogP contribution in [0.15, 0.2) is 5.16 Å². The van der Waals surface area contributed by atoms with Crippen LogP contribution in [-0.2, 0) is 17.8 Å². The first-order valence-corrected chi connectivity index (χ1v) is 11.7. The van der Waals surface area contributed by atoms with Crippen molar-refractivity contribution in [3.63, 3.8) is 0 Å². The average Bonchev–Trinajstić information content (AvgIpc) is 2.95. The molecule has 0 amide bonds. The lowest BCUT2D eigenvalue weighted by Gasteiger charge is -2.30. The first-order valence-electron chi connectivity index (χ1n) is 9.87. The third kappa shape index (κ3) is 5.34. The smallest absolute Gasteiger partial charge is 0.190 e. The number of anilines is 1. The van der Waals surface area contributed by atoms with Gasteiger partial charge in [-0.1, -0.05) is 25.1 Å². The maximum Gasteiger partial charge on any atom is 0.190 e. The first-order chi connectivity index (χ1) is 12.9. The number of aromatic nitrogens is 2. The Balaban J connectivity index is 1.90. The molecule has 27 heavy (non-hydrogen) atoms. The Kier molecular flexibility index (Phi) is 7.00. The standard InChI is InChI=1S/C20H32N4OS2/c1-6-7-11-26-19-22-17(21-9-8-10-24(4)5)16-14-12-20(2,3)25-13-15(14)27-18(16)23-19/h6-13H2,1-5H3,(H,21,22,23). The van der Waals surface area contributed by atoms with Gasteiger partial charge in [0.1, 0.15) is 10.6 Å². The van der Waals surface area contributed by atoms with Gasteiger partial charge in [0.2, 0.25) is 0 Å². The van der Waals surface area contributed by atoms with Crippen molar-refractivity contribution in [3.8, 4) is 0 Å². The Hall–Kier alpha value is -0.890. The minimum Gasteiger partial charge on any atom is -0.370 e. The number of fused-ring (bicyclic) bond motifs is 3. The molecule has 0 saturated carbocycles. The lowest BCUT2D eigenvalue weighted by Crippen LogP contribution is -2.31. The van der Waals surface area contributed by atoms with Crippen molar-refractivity contribution in [2.45, 2.75) is 63.8 Å². The zero-order valence-electron chi connectivity index (χ0n) is 17.2. The van der Waals surface area contributed by atoms with Crippen LogP contribution in [-0.4, -0.2) is 53.4 Å². The van der Waals surface area contributed by atoms with E-state index in [0.717, 1.165) is 47.5 Å². The highest BCUT2D eigenvalue weighted by atomic mass is 32.2. The van der Waals surface area contributed by atoms with E-state index in [-0.39, 0.29) is 5.60 Å². The third-order valence-corrected chi connectivity index (χ3v) is 6.75. The van der Waals surface area contributed by atoms with Gasteiger partial charge in [0.15, 0.2) is 5.16 Å². The average molecular weight is 409 g/mol. The van der Waals surface area contributed by atoms with E-state index in [1.807, 2.05) is 0 Å². The van der Waals surface area contributed by atoms with Crippen LogP contribution in [0.5, 0.6) is 0 Å². The molecule has 2 aromatic rings. The Morgan fingerprint density at radius 3 is 2.81 bits per heavy atom. The SMILES string of the molecule is CCCCSc1nc(NCCCN(C)C)c2c3c(sc2n1)COC(C)(C)C3. The molecule has 1 N–H and O–H groups in total. The van der Waals surface area contributed by atoms with Crippen LogP contribution in [0.4, 0.5) is 5.82 Å². The molecule has 0 radical (unpaired) electrons. The van der Waals surface area contributed by atoms with Crippen LogP contribution in [0.3, 0.4) is 0 Å². The second-order valence-electron chi connectivity index (χ2n) is 8.05. The van der Waals surface area contributed by atoms with Gasteiger partial charge < -0.3 is 15.0 Å². The van der Waals surface area contributed by atoms with Crippen LogP contribution in [0, 0.1) is 0 Å². The van der Waals surface area contributed by atoms with Crippen LogP contribution in [0.1, 0.15) is 50.5 Å². The van der Waals surface area contributed by atoms with Crippen LogP contribution >= 0.6 is 23.1 Å². The summed E-state index contributed by atoms with van der Waals surface area (Å²) in [4.78, 5) is 14.4. The minimum absolute atomic E-state index is 0.127. The number of rotatable bonds is 9. The van der Waals surface area contributed by atoms with Gasteiger partial charge >= 0.3 is 0 Å². The number of nitrogens with one attached hydrogen (secondary N) is 1. The molecule has 3 rings (SSSR count). The van der Waals surface area contributed by atoms with E-state index in [9.17, 15) is 0 Å². The van der Waals surface area contributed by atoms with Crippen molar-refractivity contribution < 1.29 is 4.74 Å². The Morgan fingerprint density at radius 2 is 2.07 bits per heavy atom. The van der Waals surface area contributed by atoms with E-state index >= 15 is 0 Å². The van der Waals surface area contributed by atoms with E-state index in [4.69, 9.17) is 14.7 Å². The molecular formula is C20H32N4OS2. The molecule has 0 fully saturated rings. The summed E-state index contributed by atoms with van der Waals surface area (Å²) < 4.78 is 6.03. The molecule has 0 aliphatic carbocycles. The van der Waals surface area contributed by atoms with Gasteiger partial charge in [-0.05, 0) is 52.9 Å². The summed E-state index contributed by atoms with van der Waals surface area (Å²) in [6.07, 6.45) is 4.41. The highest BCUT2D eigenvalue weighted by molar-refractivity contribution is 7.99. The fraction of sp³-hybridized carbons (Fsp3) is 0.700. The highest BCUT2D eigenvalue weighted by Gasteiger charge is 2.31. The third-order valence-electron chi connectivity index (χ3n) is 4.71. The predicted molar refractivity (Wildman–Crippen MR) is 117 cm³/mol. The van der Waals surface area contributed by atoms with Gasteiger partial charge in [-0.3, -0.25) is 0 Å². The van der Waals surface area contributed by atoms with Gasteiger partial charge in [-0.2, -0.15) is 0 Å². The van der Waals surface area contributed by atoms with E-state index < -0.39 is 0 Å².